The smallest absolute Gasteiger partial charge is 0.0593 e. The van der Waals surface area contributed by atoms with Gasteiger partial charge in [-0.1, -0.05) is 33.6 Å². The van der Waals surface area contributed by atoms with Gasteiger partial charge >= 0.3 is 0 Å². The minimum Gasteiger partial charge on any atom is -0.380 e. The van der Waals surface area contributed by atoms with Crippen LogP contribution in [0.2, 0.25) is 5.02 Å². The molecule has 1 aliphatic rings. The van der Waals surface area contributed by atoms with E-state index in [1.165, 1.54) is 0 Å². The molecule has 3 nitrogen and oxygen atoms in total. The lowest BCUT2D eigenvalue weighted by molar-refractivity contribution is 0.141. The first kappa shape index (κ1) is 15.3. The van der Waals surface area contributed by atoms with Crippen LogP contribution in [0, 0.1) is 0 Å². The van der Waals surface area contributed by atoms with E-state index in [9.17, 15) is 0 Å². The number of ether oxygens (including phenoxy) is 1. The quantitative estimate of drug-likeness (QED) is 0.909. The Bertz CT molecular complexity index is 408. The molecular formula is C14H20BrClN2O. The number of halogens is 2. The molecule has 0 spiro atoms. The van der Waals surface area contributed by atoms with Gasteiger partial charge in [0.15, 0.2) is 0 Å². The third-order valence-electron chi connectivity index (χ3n) is 3.43. The summed E-state index contributed by atoms with van der Waals surface area (Å²) in [6, 6.07) is 5.88. The summed E-state index contributed by atoms with van der Waals surface area (Å²) < 4.78 is 6.43. The van der Waals surface area contributed by atoms with Crippen molar-refractivity contribution in [2.45, 2.75) is 18.9 Å². The Morgan fingerprint density at radius 1 is 1.37 bits per heavy atom. The predicted octanol–water partition coefficient (Wildman–Crippen LogP) is 3.21. The topological polar surface area (TPSA) is 38.5 Å². The fraction of sp³-hybridized carbons (Fsp3) is 0.571. The molecule has 19 heavy (non-hydrogen) atoms. The second-order valence-electron chi connectivity index (χ2n) is 4.87. The molecule has 1 aliphatic heterocycles. The van der Waals surface area contributed by atoms with Crippen molar-refractivity contribution in [2.75, 3.05) is 32.8 Å². The normalized spacial score (nSPS) is 19.1. The summed E-state index contributed by atoms with van der Waals surface area (Å²) in [4.78, 5) is 2.42. The second kappa shape index (κ2) is 7.60. The van der Waals surface area contributed by atoms with Crippen LogP contribution in [0.25, 0.3) is 0 Å². The number of hydrogen-bond donors (Lipinski definition) is 1. The molecule has 1 aromatic rings. The van der Waals surface area contributed by atoms with Crippen LogP contribution >= 0.6 is 27.5 Å². The van der Waals surface area contributed by atoms with Gasteiger partial charge in [0.25, 0.3) is 0 Å². The van der Waals surface area contributed by atoms with E-state index >= 15 is 0 Å². The number of nitrogens with zero attached hydrogens (tertiary/aromatic N) is 1. The molecule has 1 saturated heterocycles. The Balaban J connectivity index is 1.87. The van der Waals surface area contributed by atoms with E-state index in [0.29, 0.717) is 0 Å². The summed E-state index contributed by atoms with van der Waals surface area (Å²) >= 11 is 9.64. The lowest BCUT2D eigenvalue weighted by Crippen LogP contribution is -2.29. The van der Waals surface area contributed by atoms with E-state index in [1.807, 2.05) is 18.2 Å². The van der Waals surface area contributed by atoms with Gasteiger partial charge in [0.05, 0.1) is 6.61 Å². The van der Waals surface area contributed by atoms with Crippen molar-refractivity contribution in [3.05, 3.63) is 33.3 Å². The summed E-state index contributed by atoms with van der Waals surface area (Å²) in [5, 5.41) is 0.737. The zero-order chi connectivity index (χ0) is 13.7. The minimum atomic E-state index is -0.00947. The monoisotopic (exact) mass is 346 g/mol. The first-order valence-electron chi connectivity index (χ1n) is 6.67. The Kier molecular flexibility index (Phi) is 6.10. The molecule has 106 valence electrons. The SMILES string of the molecule is NC(CCN1CCCOCC1)c1ccc(Br)cc1Cl. The van der Waals surface area contributed by atoms with Crippen molar-refractivity contribution in [2.24, 2.45) is 5.73 Å². The van der Waals surface area contributed by atoms with Gasteiger partial charge in [0.1, 0.15) is 0 Å². The van der Waals surface area contributed by atoms with Crippen LogP contribution in [0.5, 0.6) is 0 Å². The third-order valence-corrected chi connectivity index (χ3v) is 4.25. The van der Waals surface area contributed by atoms with Gasteiger partial charge in [-0.2, -0.15) is 0 Å². The maximum Gasteiger partial charge on any atom is 0.0593 e. The van der Waals surface area contributed by atoms with Crippen LogP contribution < -0.4 is 5.73 Å². The van der Waals surface area contributed by atoms with Gasteiger partial charge < -0.3 is 15.4 Å². The molecule has 1 atom stereocenters. The Labute approximate surface area is 128 Å². The van der Waals surface area contributed by atoms with Gasteiger partial charge in [-0.05, 0) is 30.5 Å². The molecule has 0 aromatic heterocycles. The highest BCUT2D eigenvalue weighted by Crippen LogP contribution is 2.27. The molecule has 0 saturated carbocycles. The average Bonchev–Trinajstić information content (AvgIpc) is 2.64. The van der Waals surface area contributed by atoms with Crippen molar-refractivity contribution in [3.63, 3.8) is 0 Å². The van der Waals surface area contributed by atoms with Gasteiger partial charge in [-0.25, -0.2) is 0 Å². The van der Waals surface area contributed by atoms with Crippen LogP contribution in [0.4, 0.5) is 0 Å². The largest absolute Gasteiger partial charge is 0.380 e. The van der Waals surface area contributed by atoms with E-state index in [0.717, 1.165) is 60.7 Å². The predicted molar refractivity (Wildman–Crippen MR) is 82.6 cm³/mol. The molecule has 1 heterocycles. The highest BCUT2D eigenvalue weighted by atomic mass is 79.9. The van der Waals surface area contributed by atoms with E-state index in [-0.39, 0.29) is 6.04 Å². The van der Waals surface area contributed by atoms with E-state index in [2.05, 4.69) is 20.8 Å². The van der Waals surface area contributed by atoms with Gasteiger partial charge in [0, 0.05) is 41.8 Å². The summed E-state index contributed by atoms with van der Waals surface area (Å²) in [7, 11) is 0. The molecule has 2 rings (SSSR count). The minimum absolute atomic E-state index is 0.00947. The van der Waals surface area contributed by atoms with Crippen LogP contribution in [0.15, 0.2) is 22.7 Å². The highest BCUT2D eigenvalue weighted by molar-refractivity contribution is 9.10. The van der Waals surface area contributed by atoms with Gasteiger partial charge in [0.2, 0.25) is 0 Å². The van der Waals surface area contributed by atoms with Crippen LogP contribution in [0.3, 0.4) is 0 Å². The number of hydrogen-bond acceptors (Lipinski definition) is 3. The van der Waals surface area contributed by atoms with Gasteiger partial charge in [-0.15, -0.1) is 0 Å². The summed E-state index contributed by atoms with van der Waals surface area (Å²) in [5.41, 5.74) is 7.27. The van der Waals surface area contributed by atoms with Crippen LogP contribution in [-0.2, 0) is 4.74 Å². The zero-order valence-electron chi connectivity index (χ0n) is 10.9. The lowest BCUT2D eigenvalue weighted by Gasteiger charge is -2.22. The van der Waals surface area contributed by atoms with E-state index in [4.69, 9.17) is 22.1 Å². The fourth-order valence-corrected chi connectivity index (χ4v) is 3.11. The van der Waals surface area contributed by atoms with E-state index < -0.39 is 0 Å². The van der Waals surface area contributed by atoms with Crippen LogP contribution in [0.1, 0.15) is 24.4 Å². The molecule has 5 heteroatoms. The first-order chi connectivity index (χ1) is 9.16. The first-order valence-corrected chi connectivity index (χ1v) is 7.84. The summed E-state index contributed by atoms with van der Waals surface area (Å²) in [6.07, 6.45) is 2.02. The van der Waals surface area contributed by atoms with Crippen molar-refractivity contribution < 1.29 is 4.74 Å². The lowest BCUT2D eigenvalue weighted by atomic mass is 10.0. The zero-order valence-corrected chi connectivity index (χ0v) is 13.3. The molecule has 2 N–H and O–H groups in total. The van der Waals surface area contributed by atoms with Crippen LogP contribution in [-0.4, -0.2) is 37.7 Å². The number of rotatable bonds is 4. The van der Waals surface area contributed by atoms with Crippen molar-refractivity contribution in [3.8, 4) is 0 Å². The summed E-state index contributed by atoms with van der Waals surface area (Å²) in [6.45, 7) is 4.80. The Morgan fingerprint density at radius 2 is 2.21 bits per heavy atom. The fourth-order valence-electron chi connectivity index (χ4n) is 2.30. The molecule has 0 amide bonds. The molecule has 1 unspecified atom stereocenters. The maximum absolute atomic E-state index is 6.24. The Hall–Kier alpha value is -0.130. The van der Waals surface area contributed by atoms with Crippen molar-refractivity contribution in [1.82, 2.24) is 4.90 Å². The average molecular weight is 348 g/mol. The number of benzene rings is 1. The van der Waals surface area contributed by atoms with E-state index in [1.54, 1.807) is 0 Å². The highest BCUT2D eigenvalue weighted by Gasteiger charge is 2.14. The van der Waals surface area contributed by atoms with Crippen molar-refractivity contribution in [1.29, 1.82) is 0 Å². The molecular weight excluding hydrogens is 328 g/mol. The molecule has 1 aromatic carbocycles. The molecule has 1 fully saturated rings. The molecule has 0 radical (unpaired) electrons. The standard InChI is InChI=1S/C14H20BrClN2O/c15-11-2-3-12(13(16)10-11)14(17)4-6-18-5-1-8-19-9-7-18/h2-3,10,14H,1,4-9,17H2. The Morgan fingerprint density at radius 3 is 3.00 bits per heavy atom. The van der Waals surface area contributed by atoms with Crippen molar-refractivity contribution >= 4 is 27.5 Å². The maximum atomic E-state index is 6.24. The molecule has 0 bridgehead atoms. The molecule has 0 aliphatic carbocycles. The third kappa shape index (κ3) is 4.72. The summed E-state index contributed by atoms with van der Waals surface area (Å²) in [5.74, 6) is 0. The number of nitrogens with two attached hydrogens (primary N) is 1. The van der Waals surface area contributed by atoms with Gasteiger partial charge in [-0.3, -0.25) is 0 Å². The second-order valence-corrected chi connectivity index (χ2v) is 6.19.